The van der Waals surface area contributed by atoms with Gasteiger partial charge in [0.25, 0.3) is 0 Å². The first-order chi connectivity index (χ1) is 8.61. The van der Waals surface area contributed by atoms with E-state index in [9.17, 15) is 0 Å². The van der Waals surface area contributed by atoms with Crippen LogP contribution in [0.5, 0.6) is 0 Å². The van der Waals surface area contributed by atoms with E-state index in [2.05, 4.69) is 58.2 Å². The molecule has 1 atom stereocenters. The van der Waals surface area contributed by atoms with Crippen LogP contribution in [0.15, 0.2) is 22.7 Å². The second kappa shape index (κ2) is 6.07. The molecule has 0 radical (unpaired) electrons. The quantitative estimate of drug-likeness (QED) is 0.909. The summed E-state index contributed by atoms with van der Waals surface area (Å²) < 4.78 is 1.16. The number of hydrogen-bond acceptors (Lipinski definition) is 2. The number of nitrogens with one attached hydrogen (secondary N) is 1. The second-order valence-corrected chi connectivity index (χ2v) is 6.30. The Balaban J connectivity index is 2.26. The Morgan fingerprint density at radius 1 is 1.33 bits per heavy atom. The van der Waals surface area contributed by atoms with Crippen molar-refractivity contribution in [3.05, 3.63) is 28.2 Å². The predicted octanol–water partition coefficient (Wildman–Crippen LogP) is 3.97. The Kier molecular flexibility index (Phi) is 4.68. The summed E-state index contributed by atoms with van der Waals surface area (Å²) in [7, 11) is 2.02. The zero-order chi connectivity index (χ0) is 13.1. The van der Waals surface area contributed by atoms with Crippen LogP contribution in [0.25, 0.3) is 0 Å². The fraction of sp³-hybridized carbons (Fsp3) is 0.600. The molecule has 0 aromatic heterocycles. The van der Waals surface area contributed by atoms with Gasteiger partial charge in [0.05, 0.1) is 0 Å². The fourth-order valence-corrected chi connectivity index (χ4v) is 2.94. The highest BCUT2D eigenvalue weighted by Gasteiger charge is 2.20. The average Bonchev–Trinajstić information content (AvgIpc) is 2.39. The highest BCUT2D eigenvalue weighted by molar-refractivity contribution is 9.10. The van der Waals surface area contributed by atoms with Crippen molar-refractivity contribution in [2.45, 2.75) is 32.7 Å². The number of anilines is 1. The lowest BCUT2D eigenvalue weighted by molar-refractivity contribution is 0.437. The molecule has 2 rings (SSSR count). The number of hydrogen-bond donors (Lipinski definition) is 1. The summed E-state index contributed by atoms with van der Waals surface area (Å²) in [6.07, 6.45) is 2.62. The molecule has 1 saturated heterocycles. The van der Waals surface area contributed by atoms with E-state index in [1.165, 1.54) is 37.2 Å². The zero-order valence-corrected chi connectivity index (χ0v) is 13.1. The van der Waals surface area contributed by atoms with Gasteiger partial charge >= 0.3 is 0 Å². The maximum absolute atomic E-state index is 3.58. The molecule has 1 heterocycles. The van der Waals surface area contributed by atoms with Gasteiger partial charge in [0, 0.05) is 29.3 Å². The molecule has 0 spiro atoms. The first-order valence-corrected chi connectivity index (χ1v) is 7.62. The van der Waals surface area contributed by atoms with Gasteiger partial charge in [0.2, 0.25) is 0 Å². The van der Waals surface area contributed by atoms with Crippen molar-refractivity contribution in [2.24, 2.45) is 5.92 Å². The molecule has 18 heavy (non-hydrogen) atoms. The Morgan fingerprint density at radius 3 is 2.61 bits per heavy atom. The summed E-state index contributed by atoms with van der Waals surface area (Å²) in [6.45, 7) is 6.95. The van der Waals surface area contributed by atoms with Crippen LogP contribution < -0.4 is 10.2 Å². The van der Waals surface area contributed by atoms with Crippen LogP contribution >= 0.6 is 15.9 Å². The van der Waals surface area contributed by atoms with Crippen molar-refractivity contribution < 1.29 is 0 Å². The maximum atomic E-state index is 3.58. The van der Waals surface area contributed by atoms with Crippen LogP contribution in [-0.4, -0.2) is 20.1 Å². The minimum Gasteiger partial charge on any atom is -0.371 e. The first-order valence-electron chi connectivity index (χ1n) is 6.83. The number of nitrogens with zero attached hydrogens (tertiary/aromatic N) is 1. The van der Waals surface area contributed by atoms with Crippen molar-refractivity contribution >= 4 is 21.6 Å². The topological polar surface area (TPSA) is 15.3 Å². The van der Waals surface area contributed by atoms with E-state index in [0.29, 0.717) is 6.04 Å². The number of benzene rings is 1. The summed E-state index contributed by atoms with van der Waals surface area (Å²) in [5.41, 5.74) is 2.79. The molecule has 1 aromatic rings. The predicted molar refractivity (Wildman–Crippen MR) is 82.2 cm³/mol. The molecule has 0 amide bonds. The van der Waals surface area contributed by atoms with Gasteiger partial charge in [0.15, 0.2) is 0 Å². The third-order valence-electron chi connectivity index (χ3n) is 4.01. The molecule has 0 saturated carbocycles. The van der Waals surface area contributed by atoms with Crippen molar-refractivity contribution in [3.8, 4) is 0 Å². The van der Waals surface area contributed by atoms with Crippen molar-refractivity contribution in [3.63, 3.8) is 0 Å². The van der Waals surface area contributed by atoms with Crippen molar-refractivity contribution in [1.29, 1.82) is 0 Å². The Labute approximate surface area is 119 Å². The Hall–Kier alpha value is -0.540. The van der Waals surface area contributed by atoms with Gasteiger partial charge in [-0.3, -0.25) is 0 Å². The Bertz CT molecular complexity index is 397. The number of rotatable bonds is 3. The number of halogens is 1. The van der Waals surface area contributed by atoms with E-state index in [0.717, 1.165) is 10.4 Å². The van der Waals surface area contributed by atoms with Gasteiger partial charge in [0.1, 0.15) is 0 Å². The normalized spacial score (nSPS) is 19.0. The van der Waals surface area contributed by atoms with E-state index in [1.807, 2.05) is 7.05 Å². The third kappa shape index (κ3) is 3.07. The van der Waals surface area contributed by atoms with Crippen LogP contribution in [0, 0.1) is 5.92 Å². The SMILES string of the molecule is CNC(C)c1cc(Br)ccc1N1CCC(C)CC1. The van der Waals surface area contributed by atoms with Gasteiger partial charge in [-0.1, -0.05) is 22.9 Å². The molecule has 1 aliphatic rings. The van der Waals surface area contributed by atoms with Crippen LogP contribution in [-0.2, 0) is 0 Å². The molecular weight excluding hydrogens is 288 g/mol. The van der Waals surface area contributed by atoms with Crippen LogP contribution in [0.4, 0.5) is 5.69 Å². The summed E-state index contributed by atoms with van der Waals surface area (Å²) in [4.78, 5) is 2.54. The molecule has 0 bridgehead atoms. The van der Waals surface area contributed by atoms with E-state index >= 15 is 0 Å². The maximum Gasteiger partial charge on any atom is 0.0415 e. The number of piperidine rings is 1. The molecule has 1 fully saturated rings. The second-order valence-electron chi connectivity index (χ2n) is 5.38. The molecule has 100 valence electrons. The molecule has 3 heteroatoms. The Morgan fingerprint density at radius 2 is 2.00 bits per heavy atom. The van der Waals surface area contributed by atoms with E-state index < -0.39 is 0 Å². The van der Waals surface area contributed by atoms with Gasteiger partial charge in [-0.15, -0.1) is 0 Å². The fourth-order valence-electron chi connectivity index (χ4n) is 2.57. The smallest absolute Gasteiger partial charge is 0.0415 e. The lowest BCUT2D eigenvalue weighted by Gasteiger charge is -2.34. The van der Waals surface area contributed by atoms with Crippen molar-refractivity contribution in [1.82, 2.24) is 5.32 Å². The minimum atomic E-state index is 0.386. The van der Waals surface area contributed by atoms with Gasteiger partial charge in [-0.05, 0) is 56.5 Å². The van der Waals surface area contributed by atoms with Crippen molar-refractivity contribution in [2.75, 3.05) is 25.0 Å². The van der Waals surface area contributed by atoms with Gasteiger partial charge in [-0.25, -0.2) is 0 Å². The molecule has 2 nitrogen and oxygen atoms in total. The monoisotopic (exact) mass is 310 g/mol. The van der Waals surface area contributed by atoms with Crippen LogP contribution in [0.1, 0.15) is 38.3 Å². The molecule has 1 aromatic carbocycles. The lowest BCUT2D eigenvalue weighted by atomic mass is 9.97. The molecule has 0 aliphatic carbocycles. The standard InChI is InChI=1S/C15H23BrN2/c1-11-6-8-18(9-7-11)15-5-4-13(16)10-14(15)12(2)17-3/h4-5,10-12,17H,6-9H2,1-3H3. The third-order valence-corrected chi connectivity index (χ3v) is 4.51. The minimum absolute atomic E-state index is 0.386. The molecule has 1 aliphatic heterocycles. The summed E-state index contributed by atoms with van der Waals surface area (Å²) in [5, 5.41) is 3.35. The van der Waals surface area contributed by atoms with Gasteiger partial charge < -0.3 is 10.2 Å². The van der Waals surface area contributed by atoms with E-state index in [-0.39, 0.29) is 0 Å². The zero-order valence-electron chi connectivity index (χ0n) is 11.5. The molecular formula is C15H23BrN2. The van der Waals surface area contributed by atoms with E-state index in [1.54, 1.807) is 0 Å². The van der Waals surface area contributed by atoms with E-state index in [4.69, 9.17) is 0 Å². The average molecular weight is 311 g/mol. The lowest BCUT2D eigenvalue weighted by Crippen LogP contribution is -2.34. The van der Waals surface area contributed by atoms with Gasteiger partial charge in [-0.2, -0.15) is 0 Å². The molecule has 1 N–H and O–H groups in total. The summed E-state index contributed by atoms with van der Waals surface area (Å²) in [5.74, 6) is 0.877. The summed E-state index contributed by atoms with van der Waals surface area (Å²) >= 11 is 3.58. The highest BCUT2D eigenvalue weighted by Crippen LogP contribution is 2.32. The summed E-state index contributed by atoms with van der Waals surface area (Å²) in [6, 6.07) is 7.04. The van der Waals surface area contributed by atoms with Crippen LogP contribution in [0.3, 0.4) is 0 Å². The molecule has 1 unspecified atom stereocenters. The first kappa shape index (κ1) is 13.9. The highest BCUT2D eigenvalue weighted by atomic mass is 79.9. The van der Waals surface area contributed by atoms with Crippen LogP contribution in [0.2, 0.25) is 0 Å². The largest absolute Gasteiger partial charge is 0.371 e.